The van der Waals surface area contributed by atoms with E-state index in [2.05, 4.69) is 55.6 Å². The molecule has 0 aromatic heterocycles. The van der Waals surface area contributed by atoms with Gasteiger partial charge in [-0.05, 0) is 70.6 Å². The third-order valence-electron chi connectivity index (χ3n) is 13.2. The van der Waals surface area contributed by atoms with Crippen molar-refractivity contribution in [2.45, 2.75) is 289 Å². The van der Waals surface area contributed by atoms with Crippen LogP contribution in [0, 0.1) is 0 Å². The number of quaternary nitrogens is 1. The molecule has 406 valence electrons. The van der Waals surface area contributed by atoms with Gasteiger partial charge in [-0.2, -0.15) is 0 Å². The van der Waals surface area contributed by atoms with Gasteiger partial charge in [0, 0.05) is 6.42 Å². The van der Waals surface area contributed by atoms with Gasteiger partial charge in [-0.25, -0.2) is 0 Å². The minimum absolute atomic E-state index is 0.00970. The monoisotopic (exact) mass is 991 g/mol. The molecule has 2 N–H and O–H groups in total. The first kappa shape index (κ1) is 67.5. The Kier molecular flexibility index (Phi) is 50.2. The predicted octanol–water partition coefficient (Wildman–Crippen LogP) is 17.3. The van der Waals surface area contributed by atoms with E-state index in [-0.39, 0.29) is 12.5 Å². The van der Waals surface area contributed by atoms with E-state index < -0.39 is 26.6 Å². The number of phosphoric acid groups is 1. The Morgan fingerprint density at radius 2 is 0.812 bits per heavy atom. The standard InChI is InChI=1S/C60H115N2O6P/c1-6-8-10-12-14-16-18-20-22-24-26-28-29-30-31-32-34-35-37-39-41-43-45-47-49-51-53-59(63)58(57-68-69(65,66)67-56-55-62(3,4)5)61-60(64)54-52-50-48-46-44-42-40-38-36-33-27-25-23-21-19-17-15-13-11-9-7-2/h25,27,35,37,43,45,51,53,58-59,63H,6-24,26,28-34,36,38-42,44,46-50,52,54-57H2,1-5H3,(H-,61,64,65,66)/b27-25-,37-35+,45-43+,53-51+. The first-order valence-corrected chi connectivity index (χ1v) is 31.0. The molecule has 0 heterocycles. The van der Waals surface area contributed by atoms with Crippen LogP contribution >= 0.6 is 7.82 Å². The van der Waals surface area contributed by atoms with Gasteiger partial charge in [0.15, 0.2) is 0 Å². The quantitative estimate of drug-likeness (QED) is 0.0272. The Bertz CT molecular complexity index is 1260. The van der Waals surface area contributed by atoms with Crippen molar-refractivity contribution >= 4 is 13.7 Å². The van der Waals surface area contributed by atoms with Crippen LogP contribution in [0.2, 0.25) is 0 Å². The average molecular weight is 992 g/mol. The smallest absolute Gasteiger partial charge is 0.268 e. The van der Waals surface area contributed by atoms with Gasteiger partial charge in [0.1, 0.15) is 13.2 Å². The molecule has 0 aliphatic heterocycles. The van der Waals surface area contributed by atoms with E-state index in [1.165, 1.54) is 212 Å². The van der Waals surface area contributed by atoms with Crippen LogP contribution in [-0.4, -0.2) is 68.5 Å². The molecule has 3 atom stereocenters. The van der Waals surface area contributed by atoms with Gasteiger partial charge in [-0.15, -0.1) is 0 Å². The fraction of sp³-hybridized carbons (Fsp3) is 0.850. The summed E-state index contributed by atoms with van der Waals surface area (Å²) in [7, 11) is 1.24. The molecule has 0 radical (unpaired) electrons. The van der Waals surface area contributed by atoms with E-state index in [1.807, 2.05) is 27.2 Å². The summed E-state index contributed by atoms with van der Waals surface area (Å²) >= 11 is 0. The number of aliphatic hydroxyl groups is 1. The van der Waals surface area contributed by atoms with E-state index in [1.54, 1.807) is 6.08 Å². The van der Waals surface area contributed by atoms with Gasteiger partial charge in [-0.3, -0.25) is 9.36 Å². The zero-order chi connectivity index (χ0) is 50.6. The average Bonchev–Trinajstić information content (AvgIpc) is 3.31. The van der Waals surface area contributed by atoms with E-state index in [0.717, 1.165) is 44.9 Å². The summed E-state index contributed by atoms with van der Waals surface area (Å²) in [6.45, 7) is 4.65. The van der Waals surface area contributed by atoms with Gasteiger partial charge < -0.3 is 28.8 Å². The molecule has 1 amide bonds. The number of rotatable bonds is 54. The van der Waals surface area contributed by atoms with Crippen LogP contribution in [0.4, 0.5) is 0 Å². The highest BCUT2D eigenvalue weighted by molar-refractivity contribution is 7.45. The molecule has 3 unspecified atom stereocenters. The Morgan fingerprint density at radius 1 is 0.493 bits per heavy atom. The van der Waals surface area contributed by atoms with Crippen LogP contribution in [0.5, 0.6) is 0 Å². The molecule has 0 aliphatic rings. The van der Waals surface area contributed by atoms with Crippen molar-refractivity contribution in [3.05, 3.63) is 48.6 Å². The maximum atomic E-state index is 13.0. The Morgan fingerprint density at radius 3 is 1.17 bits per heavy atom. The number of carbonyl (C=O) groups excluding carboxylic acids is 1. The van der Waals surface area contributed by atoms with Gasteiger partial charge in [0.05, 0.1) is 39.9 Å². The van der Waals surface area contributed by atoms with Crippen molar-refractivity contribution in [3.8, 4) is 0 Å². The van der Waals surface area contributed by atoms with Crippen LogP contribution in [0.3, 0.4) is 0 Å². The fourth-order valence-corrected chi connectivity index (χ4v) is 9.32. The molecule has 9 heteroatoms. The van der Waals surface area contributed by atoms with Gasteiger partial charge in [0.2, 0.25) is 5.91 Å². The van der Waals surface area contributed by atoms with Crippen molar-refractivity contribution in [1.29, 1.82) is 0 Å². The Hall–Kier alpha value is -1.54. The van der Waals surface area contributed by atoms with Crippen LogP contribution < -0.4 is 10.2 Å². The van der Waals surface area contributed by atoms with Crippen molar-refractivity contribution in [3.63, 3.8) is 0 Å². The summed E-state index contributed by atoms with van der Waals surface area (Å²) in [5, 5.41) is 13.9. The van der Waals surface area contributed by atoms with Crippen LogP contribution in [0.25, 0.3) is 0 Å². The fourth-order valence-electron chi connectivity index (χ4n) is 8.59. The number of hydrogen-bond acceptors (Lipinski definition) is 6. The number of carbonyl (C=O) groups is 1. The lowest BCUT2D eigenvalue weighted by molar-refractivity contribution is -0.870. The molecule has 0 spiro atoms. The second kappa shape index (κ2) is 51.4. The first-order chi connectivity index (χ1) is 33.5. The third kappa shape index (κ3) is 54.1. The number of amides is 1. The van der Waals surface area contributed by atoms with Crippen molar-refractivity contribution in [2.24, 2.45) is 0 Å². The number of hydrogen-bond donors (Lipinski definition) is 2. The molecular weight excluding hydrogens is 876 g/mol. The molecule has 0 fully saturated rings. The van der Waals surface area contributed by atoms with Crippen LogP contribution in [-0.2, 0) is 18.4 Å². The molecular formula is C60H115N2O6P. The highest BCUT2D eigenvalue weighted by Crippen LogP contribution is 2.38. The molecule has 69 heavy (non-hydrogen) atoms. The van der Waals surface area contributed by atoms with Gasteiger partial charge >= 0.3 is 0 Å². The number of likely N-dealkylation sites (N-methyl/N-ethyl adjacent to an activating group) is 1. The van der Waals surface area contributed by atoms with E-state index in [9.17, 15) is 19.4 Å². The second-order valence-corrected chi connectivity index (χ2v) is 22.7. The largest absolute Gasteiger partial charge is 0.756 e. The summed E-state index contributed by atoms with van der Waals surface area (Å²) in [6.07, 6.45) is 67.7. The summed E-state index contributed by atoms with van der Waals surface area (Å²) in [5.74, 6) is -0.211. The summed E-state index contributed by atoms with van der Waals surface area (Å²) in [6, 6.07) is -0.912. The maximum absolute atomic E-state index is 13.0. The molecule has 8 nitrogen and oxygen atoms in total. The number of unbranched alkanes of at least 4 members (excludes halogenated alkanes) is 35. The number of nitrogens with zero attached hydrogens (tertiary/aromatic N) is 1. The second-order valence-electron chi connectivity index (χ2n) is 21.3. The minimum Gasteiger partial charge on any atom is -0.756 e. The first-order valence-electron chi connectivity index (χ1n) is 29.5. The maximum Gasteiger partial charge on any atom is 0.268 e. The van der Waals surface area contributed by atoms with Gasteiger partial charge in [0.25, 0.3) is 7.82 Å². The number of nitrogens with one attached hydrogen (secondary N) is 1. The highest BCUT2D eigenvalue weighted by atomic mass is 31.2. The number of phosphoric ester groups is 1. The molecule has 0 bridgehead atoms. The van der Waals surface area contributed by atoms with E-state index >= 15 is 0 Å². The molecule has 0 saturated carbocycles. The van der Waals surface area contributed by atoms with Crippen molar-refractivity contribution in [1.82, 2.24) is 5.32 Å². The minimum atomic E-state index is -4.61. The lowest BCUT2D eigenvalue weighted by Crippen LogP contribution is -2.45. The number of aliphatic hydroxyl groups excluding tert-OH is 1. The van der Waals surface area contributed by atoms with Gasteiger partial charge in [-0.1, -0.05) is 249 Å². The Labute approximate surface area is 429 Å². The predicted molar refractivity (Wildman–Crippen MR) is 298 cm³/mol. The summed E-state index contributed by atoms with van der Waals surface area (Å²) in [4.78, 5) is 25.5. The van der Waals surface area contributed by atoms with E-state index in [0.29, 0.717) is 17.4 Å². The molecule has 0 saturated heterocycles. The Balaban J connectivity index is 4.27. The third-order valence-corrected chi connectivity index (χ3v) is 14.2. The van der Waals surface area contributed by atoms with Crippen molar-refractivity contribution < 1.29 is 32.9 Å². The topological polar surface area (TPSA) is 108 Å². The summed E-state index contributed by atoms with van der Waals surface area (Å²) in [5.41, 5.74) is 0. The molecule has 0 aliphatic carbocycles. The summed E-state index contributed by atoms with van der Waals surface area (Å²) < 4.78 is 23.3. The lowest BCUT2D eigenvalue weighted by atomic mass is 10.0. The molecule has 0 rings (SSSR count). The normalized spacial score (nSPS) is 14.2. The highest BCUT2D eigenvalue weighted by Gasteiger charge is 2.23. The van der Waals surface area contributed by atoms with Crippen LogP contribution in [0.15, 0.2) is 48.6 Å². The SMILES string of the molecule is CCCCCCCCCC/C=C\CCCCCCCCCCCC(=O)NC(COP(=O)([O-])OCC[N+](C)(C)C)C(O)/C=C/CC/C=C/CC/C=C/CCCCCCCCCCCCCCCCCC. The number of allylic oxidation sites excluding steroid dienone is 7. The molecule has 0 aromatic carbocycles. The molecule has 0 aromatic rings. The lowest BCUT2D eigenvalue weighted by Gasteiger charge is -2.29. The zero-order valence-electron chi connectivity index (χ0n) is 46.3. The van der Waals surface area contributed by atoms with E-state index in [4.69, 9.17) is 9.05 Å². The van der Waals surface area contributed by atoms with Crippen LogP contribution in [0.1, 0.15) is 277 Å². The van der Waals surface area contributed by atoms with Crippen molar-refractivity contribution in [2.75, 3.05) is 40.9 Å². The zero-order valence-corrected chi connectivity index (χ0v) is 47.2.